The van der Waals surface area contributed by atoms with Crippen molar-refractivity contribution in [2.45, 2.75) is 24.2 Å². The molecule has 3 heterocycles. The molecular weight excluding hydrogens is 474 g/mol. The Bertz CT molecular complexity index is 1110. The monoisotopic (exact) mass is 501 g/mol. The van der Waals surface area contributed by atoms with Crippen LogP contribution >= 0.6 is 11.8 Å². The molecule has 1 aromatic carbocycles. The van der Waals surface area contributed by atoms with E-state index < -0.39 is 4.92 Å². The van der Waals surface area contributed by atoms with Crippen LogP contribution in [0.4, 0.5) is 5.69 Å². The molecule has 1 fully saturated rings. The number of hydrogen-bond acceptors (Lipinski definition) is 10. The third kappa shape index (κ3) is 5.34. The summed E-state index contributed by atoms with van der Waals surface area (Å²) in [6, 6.07) is 2.95. The summed E-state index contributed by atoms with van der Waals surface area (Å²) in [7, 11) is 0. The molecule has 1 amide bonds. The van der Waals surface area contributed by atoms with E-state index in [2.05, 4.69) is 16.6 Å². The van der Waals surface area contributed by atoms with Gasteiger partial charge in [0.05, 0.1) is 15.9 Å². The van der Waals surface area contributed by atoms with Crippen molar-refractivity contribution in [2.24, 2.45) is 27.4 Å². The highest BCUT2D eigenvalue weighted by Gasteiger charge is 2.33. The van der Waals surface area contributed by atoms with Gasteiger partial charge < -0.3 is 30.7 Å². The summed E-state index contributed by atoms with van der Waals surface area (Å²) in [4.78, 5) is 35.3. The predicted molar refractivity (Wildman–Crippen MR) is 132 cm³/mol. The van der Waals surface area contributed by atoms with Crippen molar-refractivity contribution in [2.75, 3.05) is 32.8 Å². The third-order valence-corrected chi connectivity index (χ3v) is 7.01. The van der Waals surface area contributed by atoms with Crippen LogP contribution in [0.5, 0.6) is 11.5 Å². The zero-order valence-electron chi connectivity index (χ0n) is 19.1. The Morgan fingerprint density at radius 1 is 1.29 bits per heavy atom. The van der Waals surface area contributed by atoms with Crippen LogP contribution in [0.1, 0.15) is 19.3 Å². The van der Waals surface area contributed by atoms with Crippen LogP contribution in [-0.2, 0) is 4.79 Å². The minimum absolute atomic E-state index is 0.0119. The minimum atomic E-state index is -0.464. The quantitative estimate of drug-likeness (QED) is 0.323. The molecule has 0 saturated carbocycles. The van der Waals surface area contributed by atoms with Crippen molar-refractivity contribution in [1.82, 2.24) is 9.80 Å². The van der Waals surface area contributed by atoms with Crippen LogP contribution in [0.3, 0.4) is 0 Å². The summed E-state index contributed by atoms with van der Waals surface area (Å²) < 4.78 is 11.1. The van der Waals surface area contributed by atoms with Crippen LogP contribution in [0, 0.1) is 16.0 Å². The molecule has 35 heavy (non-hydrogen) atoms. The number of fused-ring (bicyclic) bond motifs is 1. The second-order valence-corrected chi connectivity index (χ2v) is 9.19. The molecule has 1 saturated heterocycles. The van der Waals surface area contributed by atoms with E-state index in [1.54, 1.807) is 11.0 Å². The summed E-state index contributed by atoms with van der Waals surface area (Å²) in [6.45, 7) is 6.36. The van der Waals surface area contributed by atoms with Gasteiger partial charge in [0.15, 0.2) is 22.5 Å². The Morgan fingerprint density at radius 2 is 1.97 bits per heavy atom. The lowest BCUT2D eigenvalue weighted by atomic mass is 9.93. The largest absolute Gasteiger partial charge is 0.486 e. The Labute approximate surface area is 206 Å². The molecule has 3 aliphatic heterocycles. The molecule has 0 bridgehead atoms. The van der Waals surface area contributed by atoms with Gasteiger partial charge in [0, 0.05) is 31.9 Å². The predicted octanol–water partition coefficient (Wildman–Crippen LogP) is 2.02. The van der Waals surface area contributed by atoms with Gasteiger partial charge in [-0.1, -0.05) is 6.58 Å². The van der Waals surface area contributed by atoms with Crippen LogP contribution in [0.25, 0.3) is 0 Å². The second-order valence-electron chi connectivity index (χ2n) is 8.18. The highest BCUT2D eigenvalue weighted by Crippen LogP contribution is 2.42. The van der Waals surface area contributed by atoms with Gasteiger partial charge in [0.1, 0.15) is 24.7 Å². The molecule has 3 aliphatic rings. The first-order valence-electron chi connectivity index (χ1n) is 11.2. The summed E-state index contributed by atoms with van der Waals surface area (Å²) in [6.07, 6.45) is 4.87. The number of carbonyl (C=O) groups excluding carboxylic acids is 1. The number of rotatable bonds is 7. The Balaban J connectivity index is 1.62. The maximum Gasteiger partial charge on any atom is 0.287 e. The van der Waals surface area contributed by atoms with E-state index >= 15 is 0 Å². The Morgan fingerprint density at radius 3 is 2.57 bits per heavy atom. The molecule has 0 unspecified atom stereocenters. The molecule has 13 heteroatoms. The van der Waals surface area contributed by atoms with Crippen molar-refractivity contribution in [1.29, 1.82) is 0 Å². The fourth-order valence-corrected chi connectivity index (χ4v) is 5.18. The maximum atomic E-state index is 11.8. The fourth-order valence-electron chi connectivity index (χ4n) is 4.16. The third-order valence-electron chi connectivity index (χ3n) is 5.97. The molecule has 186 valence electrons. The lowest BCUT2D eigenvalue weighted by Crippen LogP contribution is -2.36. The normalized spacial score (nSPS) is 19.0. The lowest BCUT2D eigenvalue weighted by Gasteiger charge is -2.30. The number of nitrogens with zero attached hydrogens (tertiary/aromatic N) is 5. The lowest BCUT2D eigenvalue weighted by molar-refractivity contribution is -0.387. The van der Waals surface area contributed by atoms with Gasteiger partial charge in [-0.25, -0.2) is 9.98 Å². The number of aliphatic imine (C=N–C) groups is 2. The average molecular weight is 502 g/mol. The number of likely N-dealkylation sites (tertiary alicyclic amines) is 1. The molecule has 0 spiro atoms. The molecule has 0 aromatic heterocycles. The van der Waals surface area contributed by atoms with Crippen molar-refractivity contribution < 1.29 is 19.2 Å². The van der Waals surface area contributed by atoms with E-state index in [4.69, 9.17) is 20.9 Å². The number of thioether (sulfide) groups is 1. The SMILES string of the molecule is C=C/N=C1\C(=C(N)N)N=C(Sc2cc3c(cc2[N+](=O)[O-])OCCO3)N1CCC1CCN(C=O)CC1. The number of nitro groups is 1. The summed E-state index contributed by atoms with van der Waals surface area (Å²) in [5.74, 6) is 1.61. The molecule has 4 N–H and O–H groups in total. The van der Waals surface area contributed by atoms with Crippen LogP contribution in [0.15, 0.2) is 51.3 Å². The van der Waals surface area contributed by atoms with Crippen molar-refractivity contribution >= 4 is 34.9 Å². The number of benzene rings is 1. The highest BCUT2D eigenvalue weighted by molar-refractivity contribution is 8.14. The van der Waals surface area contributed by atoms with Gasteiger partial charge in [0.25, 0.3) is 5.69 Å². The van der Waals surface area contributed by atoms with E-state index in [9.17, 15) is 14.9 Å². The number of piperidine rings is 1. The molecule has 0 aliphatic carbocycles. The number of amides is 1. The van der Waals surface area contributed by atoms with Crippen LogP contribution < -0.4 is 20.9 Å². The first kappa shape index (κ1) is 24.4. The Hall–Kier alpha value is -3.74. The van der Waals surface area contributed by atoms with Crippen molar-refractivity contribution in [3.8, 4) is 11.5 Å². The van der Waals surface area contributed by atoms with Gasteiger partial charge in [-0.15, -0.1) is 0 Å². The van der Waals surface area contributed by atoms with Crippen LogP contribution in [0.2, 0.25) is 0 Å². The van der Waals surface area contributed by atoms with Gasteiger partial charge in [-0.2, -0.15) is 0 Å². The summed E-state index contributed by atoms with van der Waals surface area (Å²) in [5.41, 5.74) is 12.0. The first-order valence-corrected chi connectivity index (χ1v) is 12.0. The number of carbonyl (C=O) groups is 1. The zero-order valence-corrected chi connectivity index (χ0v) is 19.9. The number of ether oxygens (including phenoxy) is 2. The standard InChI is InChI=1S/C22H27N7O5S/c1-2-25-21-19(20(23)24)26-22(28(21)8-5-14-3-6-27(13-30)7-4-14)35-18-12-17-16(33-9-10-34-17)11-15(18)29(31)32/h2,11-14H,1,3-10,23-24H2/b25-21+. The number of nitrogens with two attached hydrogens (primary N) is 2. The first-order chi connectivity index (χ1) is 16.9. The average Bonchev–Trinajstić information content (AvgIpc) is 3.19. The number of amidine groups is 2. The minimum Gasteiger partial charge on any atom is -0.486 e. The van der Waals surface area contributed by atoms with Crippen molar-refractivity contribution in [3.05, 3.63) is 46.5 Å². The van der Waals surface area contributed by atoms with Gasteiger partial charge >= 0.3 is 0 Å². The maximum absolute atomic E-state index is 11.8. The van der Waals surface area contributed by atoms with E-state index in [1.165, 1.54) is 12.3 Å². The van der Waals surface area contributed by atoms with Crippen molar-refractivity contribution in [3.63, 3.8) is 0 Å². The molecule has 12 nitrogen and oxygen atoms in total. The summed E-state index contributed by atoms with van der Waals surface area (Å²) in [5, 5.41) is 12.3. The van der Waals surface area contributed by atoms with E-state index in [0.29, 0.717) is 58.8 Å². The molecule has 0 atom stereocenters. The van der Waals surface area contributed by atoms with Gasteiger partial charge in [-0.3, -0.25) is 14.9 Å². The molecule has 1 aromatic rings. The molecule has 4 rings (SSSR count). The van der Waals surface area contributed by atoms with E-state index in [0.717, 1.165) is 50.5 Å². The highest BCUT2D eigenvalue weighted by atomic mass is 32.2. The van der Waals surface area contributed by atoms with Gasteiger partial charge in [0.2, 0.25) is 6.41 Å². The smallest absolute Gasteiger partial charge is 0.287 e. The van der Waals surface area contributed by atoms with Crippen LogP contribution in [-0.4, -0.2) is 65.0 Å². The molecule has 0 radical (unpaired) electrons. The van der Waals surface area contributed by atoms with Gasteiger partial charge in [-0.05, 0) is 36.9 Å². The Kier molecular flexibility index (Phi) is 7.44. The topological polar surface area (TPSA) is 162 Å². The second kappa shape index (κ2) is 10.7. The number of hydrogen-bond donors (Lipinski definition) is 2. The number of nitro benzene ring substituents is 1. The van der Waals surface area contributed by atoms with E-state index in [-0.39, 0.29) is 11.5 Å². The molecular formula is C22H27N7O5S. The fraction of sp³-hybridized carbons (Fsp3) is 0.409. The summed E-state index contributed by atoms with van der Waals surface area (Å²) >= 11 is 1.11. The van der Waals surface area contributed by atoms with E-state index in [1.807, 2.05) is 4.90 Å². The zero-order chi connectivity index (χ0) is 24.9.